The molecule has 0 aliphatic heterocycles. The number of aliphatic hydroxyl groups excluding tert-OH is 1. The number of nitrogens with zero attached hydrogens (tertiary/aromatic N) is 1. The van der Waals surface area contributed by atoms with Gasteiger partial charge in [0.25, 0.3) is 0 Å². The number of hydrogen-bond acceptors (Lipinski definition) is 4. The Balaban J connectivity index is 2.10. The molecule has 0 fully saturated rings. The fraction of sp³-hybridized carbons (Fsp3) is 0.500. The Morgan fingerprint density at radius 3 is 2.39 bits per heavy atom. The van der Waals surface area contributed by atoms with E-state index in [4.69, 9.17) is 14.6 Å². The highest BCUT2D eigenvalue weighted by molar-refractivity contribution is 5.98. The molecule has 0 amide bonds. The molecule has 1 aromatic carbocycles. The van der Waals surface area contributed by atoms with Crippen molar-refractivity contribution in [1.29, 1.82) is 0 Å². The van der Waals surface area contributed by atoms with Crippen molar-refractivity contribution in [3.8, 4) is 0 Å². The Kier molecular flexibility index (Phi) is 8.04. The molecule has 0 aliphatic rings. The van der Waals surface area contributed by atoms with Crippen molar-refractivity contribution in [3.05, 3.63) is 35.9 Å². The number of ether oxygens (including phenoxy) is 2. The van der Waals surface area contributed by atoms with Gasteiger partial charge in [0, 0.05) is 5.71 Å². The molecule has 0 saturated heterocycles. The van der Waals surface area contributed by atoms with Crippen molar-refractivity contribution >= 4 is 5.71 Å². The second-order valence-electron chi connectivity index (χ2n) is 3.78. The second-order valence-corrected chi connectivity index (χ2v) is 3.78. The van der Waals surface area contributed by atoms with E-state index < -0.39 is 0 Å². The van der Waals surface area contributed by atoms with Crippen molar-refractivity contribution in [2.75, 3.05) is 39.6 Å². The molecule has 0 aromatic heterocycles. The fourth-order valence-electron chi connectivity index (χ4n) is 1.44. The molecule has 0 atom stereocenters. The summed E-state index contributed by atoms with van der Waals surface area (Å²) < 4.78 is 10.4. The van der Waals surface area contributed by atoms with Crippen molar-refractivity contribution < 1.29 is 14.6 Å². The van der Waals surface area contributed by atoms with Crippen LogP contribution in [0.5, 0.6) is 0 Å². The standard InChI is InChI=1S/C14H21NO3/c1-13(14-5-3-2-4-6-14)15-7-9-17-11-12-18-10-8-16/h2-6,16H,7-12H2,1H3. The Labute approximate surface area is 108 Å². The van der Waals surface area contributed by atoms with Crippen LogP contribution in [0.3, 0.4) is 0 Å². The number of hydrogen-bond donors (Lipinski definition) is 1. The van der Waals surface area contributed by atoms with Crippen LogP contribution in [0.25, 0.3) is 0 Å². The Hall–Kier alpha value is -1.23. The van der Waals surface area contributed by atoms with E-state index in [9.17, 15) is 0 Å². The first-order valence-corrected chi connectivity index (χ1v) is 6.17. The molecule has 4 nitrogen and oxygen atoms in total. The summed E-state index contributed by atoms with van der Waals surface area (Å²) in [6, 6.07) is 10.1. The fourth-order valence-corrected chi connectivity index (χ4v) is 1.44. The first kappa shape index (κ1) is 14.8. The van der Waals surface area contributed by atoms with Gasteiger partial charge < -0.3 is 14.6 Å². The van der Waals surface area contributed by atoms with E-state index in [2.05, 4.69) is 4.99 Å². The third kappa shape index (κ3) is 6.49. The van der Waals surface area contributed by atoms with E-state index in [-0.39, 0.29) is 6.61 Å². The third-order valence-corrected chi connectivity index (χ3v) is 2.38. The van der Waals surface area contributed by atoms with Gasteiger partial charge in [-0.15, -0.1) is 0 Å². The van der Waals surface area contributed by atoms with Crippen LogP contribution in [-0.2, 0) is 9.47 Å². The van der Waals surface area contributed by atoms with Crippen LogP contribution in [0.15, 0.2) is 35.3 Å². The molecule has 4 heteroatoms. The smallest absolute Gasteiger partial charge is 0.0701 e. The molecule has 0 bridgehead atoms. The molecule has 100 valence electrons. The van der Waals surface area contributed by atoms with Crippen LogP contribution in [0.1, 0.15) is 12.5 Å². The van der Waals surface area contributed by atoms with Crippen molar-refractivity contribution in [2.45, 2.75) is 6.92 Å². The molecule has 0 spiro atoms. The van der Waals surface area contributed by atoms with E-state index in [0.29, 0.717) is 33.0 Å². The van der Waals surface area contributed by atoms with Gasteiger partial charge in [-0.25, -0.2) is 0 Å². The summed E-state index contributed by atoms with van der Waals surface area (Å²) in [6.45, 7) is 4.73. The zero-order chi connectivity index (χ0) is 13.1. The van der Waals surface area contributed by atoms with Crippen LogP contribution >= 0.6 is 0 Å². The largest absolute Gasteiger partial charge is 0.394 e. The molecule has 0 aliphatic carbocycles. The Morgan fingerprint density at radius 1 is 1.06 bits per heavy atom. The Bertz CT molecular complexity index is 338. The van der Waals surface area contributed by atoms with E-state index in [1.807, 2.05) is 37.3 Å². The van der Waals surface area contributed by atoms with E-state index in [0.717, 1.165) is 11.3 Å². The maximum atomic E-state index is 8.49. The molecule has 0 radical (unpaired) electrons. The molecule has 1 rings (SSSR count). The maximum Gasteiger partial charge on any atom is 0.0701 e. The lowest BCUT2D eigenvalue weighted by Gasteiger charge is -2.04. The van der Waals surface area contributed by atoms with E-state index in [1.54, 1.807) is 0 Å². The van der Waals surface area contributed by atoms with Gasteiger partial charge in [0.1, 0.15) is 0 Å². The Morgan fingerprint density at radius 2 is 1.72 bits per heavy atom. The van der Waals surface area contributed by atoms with E-state index >= 15 is 0 Å². The summed E-state index contributed by atoms with van der Waals surface area (Å²) in [5, 5.41) is 8.49. The van der Waals surface area contributed by atoms with Crippen molar-refractivity contribution in [3.63, 3.8) is 0 Å². The minimum Gasteiger partial charge on any atom is -0.394 e. The van der Waals surface area contributed by atoms with Crippen LogP contribution in [0.2, 0.25) is 0 Å². The van der Waals surface area contributed by atoms with Crippen LogP contribution in [0.4, 0.5) is 0 Å². The maximum absolute atomic E-state index is 8.49. The first-order chi connectivity index (χ1) is 8.84. The lowest BCUT2D eigenvalue weighted by Crippen LogP contribution is -2.09. The zero-order valence-electron chi connectivity index (χ0n) is 10.8. The highest BCUT2D eigenvalue weighted by Crippen LogP contribution is 2.00. The number of rotatable bonds is 9. The monoisotopic (exact) mass is 251 g/mol. The van der Waals surface area contributed by atoms with Crippen LogP contribution in [-0.4, -0.2) is 50.4 Å². The predicted molar refractivity (Wildman–Crippen MR) is 72.2 cm³/mol. The first-order valence-electron chi connectivity index (χ1n) is 6.17. The van der Waals surface area contributed by atoms with Crippen molar-refractivity contribution in [1.82, 2.24) is 0 Å². The number of benzene rings is 1. The van der Waals surface area contributed by atoms with Gasteiger partial charge in [0.05, 0.1) is 39.6 Å². The van der Waals surface area contributed by atoms with Gasteiger partial charge in [0.15, 0.2) is 0 Å². The normalized spacial score (nSPS) is 11.8. The summed E-state index contributed by atoms with van der Waals surface area (Å²) in [5.74, 6) is 0. The van der Waals surface area contributed by atoms with Gasteiger partial charge in [0.2, 0.25) is 0 Å². The summed E-state index contributed by atoms with van der Waals surface area (Å²) in [4.78, 5) is 4.44. The van der Waals surface area contributed by atoms with Gasteiger partial charge in [-0.1, -0.05) is 30.3 Å². The van der Waals surface area contributed by atoms with Crippen LogP contribution < -0.4 is 0 Å². The van der Waals surface area contributed by atoms with Crippen molar-refractivity contribution in [2.24, 2.45) is 4.99 Å². The minimum atomic E-state index is 0.0561. The van der Waals surface area contributed by atoms with Crippen LogP contribution in [0, 0.1) is 0 Å². The lowest BCUT2D eigenvalue weighted by atomic mass is 10.1. The highest BCUT2D eigenvalue weighted by atomic mass is 16.5. The molecule has 1 N–H and O–H groups in total. The molecular formula is C14H21NO3. The topological polar surface area (TPSA) is 51.0 Å². The summed E-state index contributed by atoms with van der Waals surface area (Å²) in [6.07, 6.45) is 0. The summed E-state index contributed by atoms with van der Waals surface area (Å²) in [7, 11) is 0. The second kappa shape index (κ2) is 9.76. The van der Waals surface area contributed by atoms with Gasteiger partial charge in [-0.3, -0.25) is 4.99 Å². The summed E-state index contributed by atoms with van der Waals surface area (Å²) >= 11 is 0. The average molecular weight is 251 g/mol. The quantitative estimate of drug-likeness (QED) is 0.535. The van der Waals surface area contributed by atoms with Gasteiger partial charge >= 0.3 is 0 Å². The molecule has 0 saturated carbocycles. The average Bonchev–Trinajstić information content (AvgIpc) is 2.42. The molecule has 1 aromatic rings. The predicted octanol–water partition coefficient (Wildman–Crippen LogP) is 1.52. The minimum absolute atomic E-state index is 0.0561. The molecule has 0 unspecified atom stereocenters. The van der Waals surface area contributed by atoms with E-state index in [1.165, 1.54) is 0 Å². The third-order valence-electron chi connectivity index (χ3n) is 2.38. The molecule has 18 heavy (non-hydrogen) atoms. The number of aliphatic imine (C=N–C) groups is 1. The molecule has 0 heterocycles. The zero-order valence-corrected chi connectivity index (χ0v) is 10.8. The van der Waals surface area contributed by atoms with Gasteiger partial charge in [-0.2, -0.15) is 0 Å². The lowest BCUT2D eigenvalue weighted by molar-refractivity contribution is 0.0355. The summed E-state index contributed by atoms with van der Waals surface area (Å²) in [5.41, 5.74) is 2.17. The highest BCUT2D eigenvalue weighted by Gasteiger charge is 1.94. The molecular weight excluding hydrogens is 230 g/mol. The van der Waals surface area contributed by atoms with Gasteiger partial charge in [-0.05, 0) is 12.5 Å². The SMILES string of the molecule is CC(=NCCOCCOCCO)c1ccccc1. The number of aliphatic hydroxyl groups is 1.